The summed E-state index contributed by atoms with van der Waals surface area (Å²) in [5.41, 5.74) is 2.18. The van der Waals surface area contributed by atoms with Gasteiger partial charge < -0.3 is 14.6 Å². The summed E-state index contributed by atoms with van der Waals surface area (Å²) in [6.07, 6.45) is 0.455. The van der Waals surface area contributed by atoms with E-state index in [1.807, 2.05) is 24.3 Å². The zero-order valence-corrected chi connectivity index (χ0v) is 12.3. The van der Waals surface area contributed by atoms with Gasteiger partial charge in [0.2, 0.25) is 0 Å². The zero-order chi connectivity index (χ0) is 14.1. The van der Waals surface area contributed by atoms with Crippen LogP contribution < -0.4 is 0 Å². The molecule has 19 heavy (non-hydrogen) atoms. The first-order valence-electron chi connectivity index (χ1n) is 7.05. The van der Waals surface area contributed by atoms with Crippen molar-refractivity contribution in [3.8, 4) is 0 Å². The van der Waals surface area contributed by atoms with Crippen LogP contribution in [-0.4, -0.2) is 31.5 Å². The molecule has 0 aliphatic rings. The van der Waals surface area contributed by atoms with Gasteiger partial charge in [0.05, 0.1) is 19.8 Å². The molecule has 0 aliphatic carbocycles. The molecule has 108 valence electrons. The van der Waals surface area contributed by atoms with E-state index in [-0.39, 0.29) is 0 Å². The fourth-order valence-electron chi connectivity index (χ4n) is 1.70. The third-order valence-corrected chi connectivity index (χ3v) is 2.87. The van der Waals surface area contributed by atoms with E-state index in [1.54, 1.807) is 0 Å². The van der Waals surface area contributed by atoms with E-state index in [1.165, 1.54) is 5.56 Å². The quantitative estimate of drug-likeness (QED) is 0.698. The van der Waals surface area contributed by atoms with Crippen LogP contribution in [0.15, 0.2) is 24.3 Å². The molecule has 1 rings (SSSR count). The molecule has 0 spiro atoms. The first-order valence-corrected chi connectivity index (χ1v) is 7.05. The predicted molar refractivity (Wildman–Crippen MR) is 77.3 cm³/mol. The molecule has 1 atom stereocenters. The minimum absolute atomic E-state index is 0.316. The Kier molecular flexibility index (Phi) is 7.72. The highest BCUT2D eigenvalue weighted by molar-refractivity contribution is 5.24. The molecule has 0 heterocycles. The number of aliphatic hydroxyl groups is 1. The zero-order valence-electron chi connectivity index (χ0n) is 12.3. The minimum Gasteiger partial charge on any atom is -0.386 e. The highest BCUT2D eigenvalue weighted by atomic mass is 16.5. The van der Waals surface area contributed by atoms with Crippen molar-refractivity contribution in [1.82, 2.24) is 0 Å². The Labute approximate surface area is 116 Å². The van der Waals surface area contributed by atoms with Gasteiger partial charge in [0, 0.05) is 6.61 Å². The third-order valence-electron chi connectivity index (χ3n) is 2.87. The van der Waals surface area contributed by atoms with Gasteiger partial charge in [-0.25, -0.2) is 0 Å². The number of rotatable bonds is 9. The van der Waals surface area contributed by atoms with Crippen LogP contribution in [0.2, 0.25) is 0 Å². The van der Waals surface area contributed by atoms with E-state index in [0.717, 1.165) is 18.6 Å². The Morgan fingerprint density at radius 3 is 2.11 bits per heavy atom. The van der Waals surface area contributed by atoms with Gasteiger partial charge in [-0.2, -0.15) is 0 Å². The molecule has 0 radical (unpaired) electrons. The molecular formula is C16H26O3. The molecule has 1 N–H and O–H groups in total. The van der Waals surface area contributed by atoms with Crippen molar-refractivity contribution in [3.05, 3.63) is 35.4 Å². The summed E-state index contributed by atoms with van der Waals surface area (Å²) in [4.78, 5) is 0. The van der Waals surface area contributed by atoms with Crippen molar-refractivity contribution in [2.24, 2.45) is 5.92 Å². The minimum atomic E-state index is -0.559. The van der Waals surface area contributed by atoms with Crippen LogP contribution in [0.1, 0.15) is 38.0 Å². The molecule has 0 saturated heterocycles. The van der Waals surface area contributed by atoms with E-state index >= 15 is 0 Å². The molecular weight excluding hydrogens is 240 g/mol. The third kappa shape index (κ3) is 6.71. The lowest BCUT2D eigenvalue weighted by atomic mass is 10.1. The summed E-state index contributed by atoms with van der Waals surface area (Å²) in [5, 5.41) is 9.96. The molecule has 3 heteroatoms. The molecule has 0 aliphatic heterocycles. The molecule has 1 aromatic carbocycles. The van der Waals surface area contributed by atoms with Crippen molar-refractivity contribution in [3.63, 3.8) is 0 Å². The summed E-state index contributed by atoms with van der Waals surface area (Å²) in [7, 11) is 0. The summed E-state index contributed by atoms with van der Waals surface area (Å²) in [6.45, 7) is 8.53. The van der Waals surface area contributed by atoms with Crippen LogP contribution in [0, 0.1) is 5.92 Å². The highest BCUT2D eigenvalue weighted by Crippen LogP contribution is 2.14. The second-order valence-corrected chi connectivity index (χ2v) is 5.15. The molecule has 1 unspecified atom stereocenters. The van der Waals surface area contributed by atoms with E-state index < -0.39 is 6.10 Å². The van der Waals surface area contributed by atoms with E-state index in [4.69, 9.17) is 9.47 Å². The Morgan fingerprint density at radius 2 is 1.58 bits per heavy atom. The first kappa shape index (κ1) is 16.2. The van der Waals surface area contributed by atoms with E-state index in [0.29, 0.717) is 25.7 Å². The second-order valence-electron chi connectivity index (χ2n) is 5.15. The van der Waals surface area contributed by atoms with Gasteiger partial charge in [-0.05, 0) is 23.5 Å². The summed E-state index contributed by atoms with van der Waals surface area (Å²) in [5.74, 6) is 0.544. The number of aryl methyl sites for hydroxylation is 1. The Bertz CT molecular complexity index is 332. The predicted octanol–water partition coefficient (Wildman–Crippen LogP) is 2.97. The number of hydrogen-bond donors (Lipinski definition) is 1. The Hall–Kier alpha value is -0.900. The molecule has 0 amide bonds. The van der Waals surface area contributed by atoms with Gasteiger partial charge in [-0.15, -0.1) is 0 Å². The number of benzene rings is 1. The lowest BCUT2D eigenvalue weighted by Gasteiger charge is -2.12. The topological polar surface area (TPSA) is 38.7 Å². The van der Waals surface area contributed by atoms with E-state index in [9.17, 15) is 5.11 Å². The van der Waals surface area contributed by atoms with Gasteiger partial charge in [0.15, 0.2) is 0 Å². The fourth-order valence-corrected chi connectivity index (χ4v) is 1.70. The summed E-state index contributed by atoms with van der Waals surface area (Å²) < 4.78 is 10.8. The van der Waals surface area contributed by atoms with Crippen molar-refractivity contribution in [2.45, 2.75) is 33.3 Å². The molecule has 0 saturated carbocycles. The highest BCUT2D eigenvalue weighted by Gasteiger charge is 2.07. The maximum atomic E-state index is 9.96. The molecule has 0 aromatic heterocycles. The average molecular weight is 266 g/mol. The molecule has 3 nitrogen and oxygen atoms in total. The van der Waals surface area contributed by atoms with E-state index in [2.05, 4.69) is 20.8 Å². The lowest BCUT2D eigenvalue weighted by molar-refractivity contribution is -0.00122. The Morgan fingerprint density at radius 1 is 1.00 bits per heavy atom. The SMILES string of the molecule is CCc1ccc(C(O)COCCOCC(C)C)cc1. The van der Waals surface area contributed by atoms with Crippen LogP contribution in [0.3, 0.4) is 0 Å². The van der Waals surface area contributed by atoms with Crippen LogP contribution in [-0.2, 0) is 15.9 Å². The van der Waals surface area contributed by atoms with Crippen LogP contribution in [0.5, 0.6) is 0 Å². The van der Waals surface area contributed by atoms with Gasteiger partial charge in [-0.1, -0.05) is 45.0 Å². The standard InChI is InChI=1S/C16H26O3/c1-4-14-5-7-15(8-6-14)16(17)12-19-10-9-18-11-13(2)3/h5-8,13,16-17H,4,9-12H2,1-3H3. The normalized spacial score (nSPS) is 12.9. The maximum absolute atomic E-state index is 9.96. The second kappa shape index (κ2) is 9.08. The summed E-state index contributed by atoms with van der Waals surface area (Å²) >= 11 is 0. The van der Waals surface area contributed by atoms with Gasteiger partial charge in [0.25, 0.3) is 0 Å². The van der Waals surface area contributed by atoms with Crippen molar-refractivity contribution in [2.75, 3.05) is 26.4 Å². The Balaban J connectivity index is 2.17. The molecule has 0 fully saturated rings. The van der Waals surface area contributed by atoms with Crippen molar-refractivity contribution >= 4 is 0 Å². The molecule has 0 bridgehead atoms. The lowest BCUT2D eigenvalue weighted by Crippen LogP contribution is -2.12. The van der Waals surface area contributed by atoms with Crippen LogP contribution in [0.25, 0.3) is 0 Å². The largest absolute Gasteiger partial charge is 0.386 e. The van der Waals surface area contributed by atoms with Crippen molar-refractivity contribution < 1.29 is 14.6 Å². The number of ether oxygens (including phenoxy) is 2. The molecule has 1 aromatic rings. The monoisotopic (exact) mass is 266 g/mol. The van der Waals surface area contributed by atoms with Crippen molar-refractivity contribution in [1.29, 1.82) is 0 Å². The maximum Gasteiger partial charge on any atom is 0.102 e. The number of aliphatic hydroxyl groups excluding tert-OH is 1. The van der Waals surface area contributed by atoms with Gasteiger partial charge >= 0.3 is 0 Å². The van der Waals surface area contributed by atoms with Crippen LogP contribution >= 0.6 is 0 Å². The van der Waals surface area contributed by atoms with Crippen LogP contribution in [0.4, 0.5) is 0 Å². The smallest absolute Gasteiger partial charge is 0.102 e. The first-order chi connectivity index (χ1) is 9.13. The average Bonchev–Trinajstić information content (AvgIpc) is 2.42. The van der Waals surface area contributed by atoms with Gasteiger partial charge in [-0.3, -0.25) is 0 Å². The fraction of sp³-hybridized carbons (Fsp3) is 0.625. The number of hydrogen-bond acceptors (Lipinski definition) is 3. The summed E-state index contributed by atoms with van der Waals surface area (Å²) in [6, 6.07) is 8.01. The van der Waals surface area contributed by atoms with Gasteiger partial charge in [0.1, 0.15) is 6.10 Å².